The van der Waals surface area contributed by atoms with E-state index in [1.165, 1.54) is 4.31 Å². The standard InChI is InChI=1S/C19H23N3O4S/c1-21-13-19(26-16-7-3-4-8-17(16)27(21,23)24)9-11-22(14-19)12-15-6-5-10-20-18(15)25-2/h3-8,10H,9,11-14H2,1-2H3/t19-/m0/s1. The maximum atomic E-state index is 12.8. The van der Waals surface area contributed by atoms with E-state index in [1.54, 1.807) is 44.6 Å². The molecule has 0 radical (unpaired) electrons. The van der Waals surface area contributed by atoms with E-state index in [0.717, 1.165) is 18.5 Å². The largest absolute Gasteiger partial charge is 0.483 e. The molecule has 4 rings (SSSR count). The second-order valence-corrected chi connectivity index (χ2v) is 9.14. The van der Waals surface area contributed by atoms with Crippen molar-refractivity contribution >= 4 is 10.0 Å². The molecule has 1 aromatic carbocycles. The van der Waals surface area contributed by atoms with Crippen molar-refractivity contribution < 1.29 is 17.9 Å². The predicted octanol–water partition coefficient (Wildman–Crippen LogP) is 1.75. The molecular formula is C19H23N3O4S. The lowest BCUT2D eigenvalue weighted by atomic mass is 10.0. The number of ether oxygens (including phenoxy) is 2. The van der Waals surface area contributed by atoms with Gasteiger partial charge in [0.15, 0.2) is 0 Å². The highest BCUT2D eigenvalue weighted by Crippen LogP contribution is 2.38. The van der Waals surface area contributed by atoms with Gasteiger partial charge in [0, 0.05) is 44.9 Å². The number of benzene rings is 1. The highest BCUT2D eigenvalue weighted by atomic mass is 32.2. The number of rotatable bonds is 3. The third-order valence-corrected chi connectivity index (χ3v) is 7.05. The number of nitrogens with zero attached hydrogens (tertiary/aromatic N) is 3. The summed E-state index contributed by atoms with van der Waals surface area (Å²) in [6.07, 6.45) is 2.46. The van der Waals surface area contributed by atoms with Crippen LogP contribution in [0.2, 0.25) is 0 Å². The molecular weight excluding hydrogens is 366 g/mol. The molecule has 8 heteroatoms. The molecule has 2 aliphatic heterocycles. The summed E-state index contributed by atoms with van der Waals surface area (Å²) in [5, 5.41) is 0. The van der Waals surface area contributed by atoms with Crippen molar-refractivity contribution in [3.8, 4) is 11.6 Å². The van der Waals surface area contributed by atoms with E-state index in [1.807, 2.05) is 12.1 Å². The summed E-state index contributed by atoms with van der Waals surface area (Å²) in [6.45, 7) is 2.46. The molecule has 2 aliphatic rings. The van der Waals surface area contributed by atoms with Crippen molar-refractivity contribution in [2.45, 2.75) is 23.5 Å². The van der Waals surface area contributed by atoms with Gasteiger partial charge < -0.3 is 9.47 Å². The topological polar surface area (TPSA) is 72.0 Å². The van der Waals surface area contributed by atoms with Crippen LogP contribution in [0.1, 0.15) is 12.0 Å². The Bertz CT molecular complexity index is 949. The van der Waals surface area contributed by atoms with E-state index in [2.05, 4.69) is 9.88 Å². The molecule has 1 fully saturated rings. The Balaban J connectivity index is 1.60. The van der Waals surface area contributed by atoms with Crippen LogP contribution in [0.5, 0.6) is 11.6 Å². The minimum atomic E-state index is -3.55. The van der Waals surface area contributed by atoms with Crippen molar-refractivity contribution in [2.24, 2.45) is 0 Å². The van der Waals surface area contributed by atoms with Crippen molar-refractivity contribution in [1.29, 1.82) is 0 Å². The Morgan fingerprint density at radius 3 is 2.85 bits per heavy atom. The molecule has 1 spiro atoms. The third kappa shape index (κ3) is 3.28. The fourth-order valence-corrected chi connectivity index (χ4v) is 5.27. The lowest BCUT2D eigenvalue weighted by molar-refractivity contribution is 0.0622. The number of methoxy groups -OCH3 is 1. The quantitative estimate of drug-likeness (QED) is 0.796. The first kappa shape index (κ1) is 18.2. The smallest absolute Gasteiger partial charge is 0.246 e. The van der Waals surface area contributed by atoms with Gasteiger partial charge in [-0.3, -0.25) is 4.90 Å². The summed E-state index contributed by atoms with van der Waals surface area (Å²) < 4.78 is 38.7. The SMILES string of the molecule is COc1ncccc1CN1CC[C@@]2(C1)CN(C)S(=O)(=O)c1ccccc1O2. The van der Waals surface area contributed by atoms with Gasteiger partial charge in [0.2, 0.25) is 15.9 Å². The van der Waals surface area contributed by atoms with Gasteiger partial charge in [-0.25, -0.2) is 13.4 Å². The van der Waals surface area contributed by atoms with E-state index in [0.29, 0.717) is 31.3 Å². The Morgan fingerprint density at radius 2 is 2.04 bits per heavy atom. The number of aromatic nitrogens is 1. The molecule has 1 saturated heterocycles. The molecule has 0 aliphatic carbocycles. The van der Waals surface area contributed by atoms with E-state index < -0.39 is 15.6 Å². The van der Waals surface area contributed by atoms with Crippen molar-refractivity contribution in [2.75, 3.05) is 33.8 Å². The number of sulfonamides is 1. The van der Waals surface area contributed by atoms with Crippen LogP contribution in [0.3, 0.4) is 0 Å². The number of likely N-dealkylation sites (tertiary alicyclic amines) is 1. The molecule has 0 saturated carbocycles. The Hall–Kier alpha value is -2.16. The van der Waals surface area contributed by atoms with Gasteiger partial charge in [0.05, 0.1) is 13.7 Å². The number of pyridine rings is 1. The fourth-order valence-electron chi connectivity index (χ4n) is 3.92. The van der Waals surface area contributed by atoms with Crippen LogP contribution in [0.4, 0.5) is 0 Å². The Kier molecular flexibility index (Phi) is 4.57. The van der Waals surface area contributed by atoms with Gasteiger partial charge in [-0.15, -0.1) is 0 Å². The monoisotopic (exact) mass is 389 g/mol. The summed E-state index contributed by atoms with van der Waals surface area (Å²) >= 11 is 0. The average Bonchev–Trinajstić information content (AvgIpc) is 3.01. The zero-order valence-electron chi connectivity index (χ0n) is 15.5. The normalized spacial score (nSPS) is 25.0. The third-order valence-electron chi connectivity index (χ3n) is 5.21. The first-order valence-corrected chi connectivity index (χ1v) is 10.3. The molecule has 0 amide bonds. The Morgan fingerprint density at radius 1 is 1.22 bits per heavy atom. The second-order valence-electron chi connectivity index (χ2n) is 7.13. The van der Waals surface area contributed by atoms with Gasteiger partial charge in [-0.2, -0.15) is 4.31 Å². The fraction of sp³-hybridized carbons (Fsp3) is 0.421. The molecule has 1 aromatic heterocycles. The highest BCUT2D eigenvalue weighted by Gasteiger charge is 2.46. The van der Waals surface area contributed by atoms with Gasteiger partial charge in [0.25, 0.3) is 0 Å². The van der Waals surface area contributed by atoms with Gasteiger partial charge in [-0.05, 0) is 18.2 Å². The van der Waals surface area contributed by atoms with Gasteiger partial charge in [0.1, 0.15) is 16.2 Å². The van der Waals surface area contributed by atoms with Crippen molar-refractivity contribution in [3.63, 3.8) is 0 Å². The molecule has 2 aromatic rings. The van der Waals surface area contributed by atoms with E-state index in [9.17, 15) is 8.42 Å². The van der Waals surface area contributed by atoms with Crippen LogP contribution in [0.25, 0.3) is 0 Å². The number of likely N-dealkylation sites (N-methyl/N-ethyl adjacent to an activating group) is 1. The molecule has 1 atom stereocenters. The van der Waals surface area contributed by atoms with Crippen LogP contribution in [-0.4, -0.2) is 62.0 Å². The van der Waals surface area contributed by atoms with Crippen LogP contribution in [0, 0.1) is 0 Å². The van der Waals surface area contributed by atoms with Crippen LogP contribution < -0.4 is 9.47 Å². The minimum absolute atomic E-state index is 0.233. The average molecular weight is 389 g/mol. The number of hydrogen-bond donors (Lipinski definition) is 0. The summed E-state index contributed by atoms with van der Waals surface area (Å²) in [4.78, 5) is 6.74. The van der Waals surface area contributed by atoms with E-state index >= 15 is 0 Å². The lowest BCUT2D eigenvalue weighted by Gasteiger charge is -2.30. The van der Waals surface area contributed by atoms with E-state index in [-0.39, 0.29) is 4.90 Å². The second kappa shape index (κ2) is 6.78. The zero-order valence-corrected chi connectivity index (χ0v) is 16.3. The molecule has 0 N–H and O–H groups in total. The van der Waals surface area contributed by atoms with Crippen LogP contribution in [-0.2, 0) is 16.6 Å². The maximum absolute atomic E-state index is 12.8. The summed E-state index contributed by atoms with van der Waals surface area (Å²) in [5.74, 6) is 1.05. The molecule has 144 valence electrons. The first-order valence-electron chi connectivity index (χ1n) is 8.88. The molecule has 27 heavy (non-hydrogen) atoms. The number of para-hydroxylation sites is 1. The van der Waals surface area contributed by atoms with Gasteiger partial charge >= 0.3 is 0 Å². The summed E-state index contributed by atoms with van der Waals surface area (Å²) in [7, 11) is -0.314. The molecule has 3 heterocycles. The van der Waals surface area contributed by atoms with Crippen LogP contribution in [0.15, 0.2) is 47.5 Å². The van der Waals surface area contributed by atoms with Crippen LogP contribution >= 0.6 is 0 Å². The minimum Gasteiger partial charge on any atom is -0.483 e. The van der Waals surface area contributed by atoms with E-state index in [4.69, 9.17) is 9.47 Å². The number of hydrogen-bond acceptors (Lipinski definition) is 6. The maximum Gasteiger partial charge on any atom is 0.246 e. The van der Waals surface area contributed by atoms with Crippen molar-refractivity contribution in [1.82, 2.24) is 14.2 Å². The number of fused-ring (bicyclic) bond motifs is 1. The summed E-state index contributed by atoms with van der Waals surface area (Å²) in [5.41, 5.74) is 0.441. The Labute approximate surface area is 159 Å². The lowest BCUT2D eigenvalue weighted by Crippen LogP contribution is -2.47. The van der Waals surface area contributed by atoms with Crippen molar-refractivity contribution in [3.05, 3.63) is 48.2 Å². The van der Waals surface area contributed by atoms with Gasteiger partial charge in [-0.1, -0.05) is 18.2 Å². The highest BCUT2D eigenvalue weighted by molar-refractivity contribution is 7.89. The first-order chi connectivity index (χ1) is 12.9. The predicted molar refractivity (Wildman–Crippen MR) is 100 cm³/mol. The molecule has 0 bridgehead atoms. The summed E-state index contributed by atoms with van der Waals surface area (Å²) in [6, 6.07) is 10.8. The molecule has 7 nitrogen and oxygen atoms in total. The molecule has 0 unspecified atom stereocenters. The zero-order chi connectivity index (χ0) is 19.1.